The van der Waals surface area contributed by atoms with E-state index in [2.05, 4.69) is 5.32 Å². The Labute approximate surface area is 139 Å². The smallest absolute Gasteiger partial charge is 0.224 e. The van der Waals surface area contributed by atoms with E-state index in [0.29, 0.717) is 22.9 Å². The maximum absolute atomic E-state index is 12.0. The van der Waals surface area contributed by atoms with Gasteiger partial charge >= 0.3 is 0 Å². The first kappa shape index (κ1) is 17.4. The summed E-state index contributed by atoms with van der Waals surface area (Å²) in [6.45, 7) is 0. The molecule has 7 heteroatoms. The van der Waals surface area contributed by atoms with Crippen LogP contribution in [0.2, 0.25) is 0 Å². The second-order valence-electron chi connectivity index (χ2n) is 4.86. The normalized spacial score (nSPS) is 10.1. The summed E-state index contributed by atoms with van der Waals surface area (Å²) in [5, 5.41) is 2.71. The largest absolute Gasteiger partial charge is 0.493 e. The van der Waals surface area contributed by atoms with Crippen molar-refractivity contribution in [3.63, 3.8) is 0 Å². The molecule has 1 aromatic carbocycles. The van der Waals surface area contributed by atoms with Crippen LogP contribution in [-0.2, 0) is 4.79 Å². The van der Waals surface area contributed by atoms with Gasteiger partial charge < -0.3 is 23.9 Å². The first-order chi connectivity index (χ1) is 11.6. The van der Waals surface area contributed by atoms with Crippen LogP contribution in [-0.4, -0.2) is 33.0 Å². The van der Waals surface area contributed by atoms with Gasteiger partial charge in [0.25, 0.3) is 0 Å². The van der Waals surface area contributed by atoms with E-state index in [0.717, 1.165) is 0 Å². The van der Waals surface area contributed by atoms with Gasteiger partial charge in [0.1, 0.15) is 0 Å². The number of benzene rings is 1. The number of nitrogens with one attached hydrogen (secondary N) is 1. The number of amides is 1. The Balaban J connectivity index is 2.02. The lowest BCUT2D eigenvalue weighted by Gasteiger charge is -2.14. The van der Waals surface area contributed by atoms with Gasteiger partial charge in [0, 0.05) is 30.7 Å². The zero-order valence-electron chi connectivity index (χ0n) is 13.8. The summed E-state index contributed by atoms with van der Waals surface area (Å²) in [6, 6.07) is 6.43. The molecular formula is C17H19NO6. The highest BCUT2D eigenvalue weighted by Gasteiger charge is 2.16. The summed E-state index contributed by atoms with van der Waals surface area (Å²) in [5.41, 5.74) is 0.486. The van der Waals surface area contributed by atoms with E-state index in [9.17, 15) is 9.59 Å². The molecule has 0 aliphatic carbocycles. The van der Waals surface area contributed by atoms with Gasteiger partial charge in [0.2, 0.25) is 11.7 Å². The van der Waals surface area contributed by atoms with Crippen molar-refractivity contribution >= 4 is 17.4 Å². The summed E-state index contributed by atoms with van der Waals surface area (Å²) >= 11 is 0. The number of carbonyl (C=O) groups excluding carboxylic acids is 2. The number of ketones is 1. The lowest BCUT2D eigenvalue weighted by atomic mass is 10.1. The van der Waals surface area contributed by atoms with Gasteiger partial charge in [-0.15, -0.1) is 0 Å². The minimum absolute atomic E-state index is 0.0379. The number of hydrogen-bond acceptors (Lipinski definition) is 6. The quantitative estimate of drug-likeness (QED) is 0.748. The fourth-order valence-electron chi connectivity index (χ4n) is 2.16. The third-order valence-corrected chi connectivity index (χ3v) is 3.32. The van der Waals surface area contributed by atoms with Crippen molar-refractivity contribution in [2.75, 3.05) is 26.6 Å². The van der Waals surface area contributed by atoms with Gasteiger partial charge in [-0.3, -0.25) is 9.59 Å². The van der Waals surface area contributed by atoms with Crippen molar-refractivity contribution in [3.05, 3.63) is 36.3 Å². The maximum Gasteiger partial charge on any atom is 0.224 e. The Bertz CT molecular complexity index is 683. The molecule has 128 valence electrons. The van der Waals surface area contributed by atoms with Crippen LogP contribution in [0.5, 0.6) is 17.2 Å². The van der Waals surface area contributed by atoms with Gasteiger partial charge in [-0.2, -0.15) is 0 Å². The molecule has 0 aliphatic heterocycles. The molecule has 7 nitrogen and oxygen atoms in total. The van der Waals surface area contributed by atoms with Gasteiger partial charge in [-0.1, -0.05) is 0 Å². The molecular weight excluding hydrogens is 314 g/mol. The molecule has 0 fully saturated rings. The molecule has 0 atom stereocenters. The van der Waals surface area contributed by atoms with Crippen LogP contribution in [0.15, 0.2) is 34.9 Å². The number of hydrogen-bond donors (Lipinski definition) is 1. The van der Waals surface area contributed by atoms with E-state index in [-0.39, 0.29) is 30.3 Å². The molecule has 1 amide bonds. The molecule has 2 aromatic rings. The molecule has 0 saturated carbocycles. The highest BCUT2D eigenvalue weighted by Crippen LogP contribution is 2.39. The van der Waals surface area contributed by atoms with Crippen LogP contribution >= 0.6 is 0 Å². The van der Waals surface area contributed by atoms with Crippen molar-refractivity contribution in [2.24, 2.45) is 0 Å². The molecule has 0 bridgehead atoms. The number of furan rings is 1. The average Bonchev–Trinajstić information content (AvgIpc) is 3.13. The summed E-state index contributed by atoms with van der Waals surface area (Å²) in [6.07, 6.45) is 1.52. The number of methoxy groups -OCH3 is 3. The van der Waals surface area contributed by atoms with Gasteiger partial charge in [-0.05, 0) is 12.1 Å². The molecule has 1 N–H and O–H groups in total. The van der Waals surface area contributed by atoms with Gasteiger partial charge in [0.15, 0.2) is 23.0 Å². The van der Waals surface area contributed by atoms with Crippen molar-refractivity contribution < 1.29 is 28.2 Å². The van der Waals surface area contributed by atoms with Crippen LogP contribution < -0.4 is 19.5 Å². The lowest BCUT2D eigenvalue weighted by Crippen LogP contribution is -2.13. The van der Waals surface area contributed by atoms with Crippen LogP contribution in [0, 0.1) is 0 Å². The molecule has 0 unspecified atom stereocenters. The standard InChI is InChI=1S/C17H19NO6/c1-21-14-9-11(10-15(22-2)17(14)23-3)18-16(20)7-6-12(19)13-5-4-8-24-13/h4-5,8-10H,6-7H2,1-3H3,(H,18,20). The molecule has 0 saturated heterocycles. The minimum atomic E-state index is -0.302. The van der Waals surface area contributed by atoms with Crippen molar-refractivity contribution in [1.82, 2.24) is 0 Å². The summed E-state index contributed by atoms with van der Waals surface area (Å²) in [5.74, 6) is 1.02. The first-order valence-electron chi connectivity index (χ1n) is 7.25. The number of anilines is 1. The zero-order valence-corrected chi connectivity index (χ0v) is 13.8. The fourth-order valence-corrected chi connectivity index (χ4v) is 2.16. The van der Waals surface area contributed by atoms with Gasteiger partial charge in [0.05, 0.1) is 27.6 Å². The molecule has 0 spiro atoms. The van der Waals surface area contributed by atoms with E-state index in [1.807, 2.05) is 0 Å². The van der Waals surface area contributed by atoms with Crippen LogP contribution in [0.25, 0.3) is 0 Å². The first-order valence-corrected chi connectivity index (χ1v) is 7.25. The number of Topliss-reactive ketones (excluding diaryl/α,β-unsaturated/α-hetero) is 1. The van der Waals surface area contributed by atoms with Crippen molar-refractivity contribution in [1.29, 1.82) is 0 Å². The number of rotatable bonds is 8. The Morgan fingerprint density at radius 2 is 1.71 bits per heavy atom. The fraction of sp³-hybridized carbons (Fsp3) is 0.294. The maximum atomic E-state index is 12.0. The average molecular weight is 333 g/mol. The van der Waals surface area contributed by atoms with Crippen molar-refractivity contribution in [3.8, 4) is 17.2 Å². The monoisotopic (exact) mass is 333 g/mol. The summed E-state index contributed by atoms with van der Waals surface area (Å²) in [4.78, 5) is 23.9. The number of carbonyl (C=O) groups is 2. The van der Waals surface area contributed by atoms with Crippen LogP contribution in [0.1, 0.15) is 23.4 Å². The van der Waals surface area contributed by atoms with E-state index in [1.54, 1.807) is 24.3 Å². The predicted octanol–water partition coefficient (Wildman–Crippen LogP) is 2.91. The van der Waals surface area contributed by atoms with Crippen LogP contribution in [0.4, 0.5) is 5.69 Å². The second-order valence-corrected chi connectivity index (χ2v) is 4.86. The third-order valence-electron chi connectivity index (χ3n) is 3.32. The Hall–Kier alpha value is -2.96. The van der Waals surface area contributed by atoms with E-state index in [1.165, 1.54) is 27.6 Å². The molecule has 24 heavy (non-hydrogen) atoms. The van der Waals surface area contributed by atoms with Crippen molar-refractivity contribution in [2.45, 2.75) is 12.8 Å². The number of ether oxygens (including phenoxy) is 3. The lowest BCUT2D eigenvalue weighted by molar-refractivity contribution is -0.116. The molecule has 2 rings (SSSR count). The summed E-state index contributed by atoms with van der Waals surface area (Å²) in [7, 11) is 4.48. The Kier molecular flexibility index (Phi) is 5.83. The molecule has 0 radical (unpaired) electrons. The Morgan fingerprint density at radius 1 is 1.04 bits per heavy atom. The van der Waals surface area contributed by atoms with E-state index >= 15 is 0 Å². The highest BCUT2D eigenvalue weighted by molar-refractivity contribution is 5.98. The molecule has 0 aliphatic rings. The zero-order chi connectivity index (χ0) is 17.5. The van der Waals surface area contributed by atoms with Crippen LogP contribution in [0.3, 0.4) is 0 Å². The second kappa shape index (κ2) is 8.05. The highest BCUT2D eigenvalue weighted by atomic mass is 16.5. The summed E-state index contributed by atoms with van der Waals surface area (Å²) < 4.78 is 20.7. The van der Waals surface area contributed by atoms with E-state index < -0.39 is 0 Å². The Morgan fingerprint density at radius 3 is 2.21 bits per heavy atom. The topological polar surface area (TPSA) is 87.0 Å². The molecule has 1 heterocycles. The molecule has 1 aromatic heterocycles. The van der Waals surface area contributed by atoms with E-state index in [4.69, 9.17) is 18.6 Å². The third kappa shape index (κ3) is 4.07. The predicted molar refractivity (Wildman–Crippen MR) is 87.0 cm³/mol. The minimum Gasteiger partial charge on any atom is -0.493 e. The SMILES string of the molecule is COc1cc(NC(=O)CCC(=O)c2ccco2)cc(OC)c1OC. The van der Waals surface area contributed by atoms with Gasteiger partial charge in [-0.25, -0.2) is 0 Å².